The summed E-state index contributed by atoms with van der Waals surface area (Å²) in [6, 6.07) is 5.86. The van der Waals surface area contributed by atoms with E-state index in [1.807, 2.05) is 12.1 Å². The van der Waals surface area contributed by atoms with Crippen LogP contribution in [-0.2, 0) is 25.5 Å². The van der Waals surface area contributed by atoms with E-state index in [4.69, 9.17) is 9.47 Å². The predicted molar refractivity (Wildman–Crippen MR) is 103 cm³/mol. The minimum Gasteiger partial charge on any atom is -0.462 e. The van der Waals surface area contributed by atoms with Crippen molar-refractivity contribution < 1.29 is 23.9 Å². The zero-order valence-electron chi connectivity index (χ0n) is 16.8. The van der Waals surface area contributed by atoms with Crippen molar-refractivity contribution in [2.75, 3.05) is 0 Å². The van der Waals surface area contributed by atoms with Crippen LogP contribution in [0.3, 0.4) is 0 Å². The van der Waals surface area contributed by atoms with Crippen LogP contribution in [0.15, 0.2) is 18.2 Å². The van der Waals surface area contributed by atoms with Crippen LogP contribution in [0.4, 0.5) is 0 Å². The van der Waals surface area contributed by atoms with Gasteiger partial charge in [-0.2, -0.15) is 0 Å². The predicted octanol–water partition coefficient (Wildman–Crippen LogP) is 3.82. The van der Waals surface area contributed by atoms with Gasteiger partial charge in [0.1, 0.15) is 18.1 Å². The lowest BCUT2D eigenvalue weighted by molar-refractivity contribution is -0.155. The van der Waals surface area contributed by atoms with Crippen molar-refractivity contribution >= 4 is 18.2 Å². The summed E-state index contributed by atoms with van der Waals surface area (Å²) >= 11 is 0. The Bertz CT molecular complexity index is 815. The lowest BCUT2D eigenvalue weighted by Crippen LogP contribution is -2.48. The smallest absolute Gasteiger partial charge is 0.308 e. The van der Waals surface area contributed by atoms with E-state index < -0.39 is 0 Å². The first-order valence-electron chi connectivity index (χ1n) is 10.3. The van der Waals surface area contributed by atoms with Gasteiger partial charge in [0, 0.05) is 25.2 Å². The number of hydrogen-bond acceptors (Lipinski definition) is 5. The largest absolute Gasteiger partial charge is 0.462 e. The van der Waals surface area contributed by atoms with Crippen molar-refractivity contribution in [3.05, 3.63) is 29.3 Å². The highest BCUT2D eigenvalue weighted by molar-refractivity contribution is 5.69. The number of fused-ring (bicyclic) bond motifs is 5. The molecule has 0 saturated heterocycles. The fourth-order valence-electron chi connectivity index (χ4n) is 6.38. The number of carbonyl (C=O) groups excluding carboxylic acids is 3. The molecule has 5 heteroatoms. The van der Waals surface area contributed by atoms with Gasteiger partial charge in [-0.05, 0) is 73.1 Å². The maximum Gasteiger partial charge on any atom is 0.308 e. The van der Waals surface area contributed by atoms with Crippen LogP contribution < -0.4 is 4.74 Å². The lowest BCUT2D eigenvalue weighted by Gasteiger charge is -2.52. The summed E-state index contributed by atoms with van der Waals surface area (Å²) in [6.45, 7) is 5.12. The molecular formula is C23H28O5. The molecule has 6 atom stereocenters. The van der Waals surface area contributed by atoms with Crippen LogP contribution in [0.25, 0.3) is 0 Å². The molecule has 1 aromatic carbocycles. The van der Waals surface area contributed by atoms with Gasteiger partial charge in [0.15, 0.2) is 0 Å². The Morgan fingerprint density at radius 3 is 2.61 bits per heavy atom. The van der Waals surface area contributed by atoms with E-state index in [0.717, 1.165) is 37.5 Å². The van der Waals surface area contributed by atoms with Crippen molar-refractivity contribution in [1.82, 2.24) is 0 Å². The number of hydrogen-bond donors (Lipinski definition) is 0. The number of ether oxygens (including phenoxy) is 2. The minimum atomic E-state index is -0.337. The quantitative estimate of drug-likeness (QED) is 0.450. The molecule has 0 N–H and O–H groups in total. The zero-order chi connectivity index (χ0) is 20.1. The Morgan fingerprint density at radius 1 is 1.14 bits per heavy atom. The molecule has 5 nitrogen and oxygen atoms in total. The molecule has 4 rings (SSSR count). The monoisotopic (exact) mass is 384 g/mol. The van der Waals surface area contributed by atoms with E-state index in [1.165, 1.54) is 19.4 Å². The molecule has 0 spiro atoms. The number of benzene rings is 1. The zero-order valence-corrected chi connectivity index (χ0v) is 16.8. The van der Waals surface area contributed by atoms with Gasteiger partial charge in [-0.15, -0.1) is 0 Å². The Morgan fingerprint density at radius 2 is 1.93 bits per heavy atom. The van der Waals surface area contributed by atoms with E-state index in [1.54, 1.807) is 0 Å². The summed E-state index contributed by atoms with van der Waals surface area (Å²) < 4.78 is 10.9. The van der Waals surface area contributed by atoms with Crippen molar-refractivity contribution in [2.45, 2.75) is 64.9 Å². The fraction of sp³-hybridized carbons (Fsp3) is 0.609. The molecule has 0 aromatic heterocycles. The van der Waals surface area contributed by atoms with Crippen LogP contribution in [0, 0.1) is 23.2 Å². The third-order valence-corrected chi connectivity index (χ3v) is 7.45. The summed E-state index contributed by atoms with van der Waals surface area (Å²) in [5, 5.41) is 0. The molecule has 0 amide bonds. The number of esters is 2. The summed E-state index contributed by atoms with van der Waals surface area (Å²) in [7, 11) is 0. The molecule has 150 valence electrons. The summed E-state index contributed by atoms with van der Waals surface area (Å²) in [5.41, 5.74) is 2.36. The van der Waals surface area contributed by atoms with Gasteiger partial charge in [0.2, 0.25) is 0 Å². The second-order valence-corrected chi connectivity index (χ2v) is 8.97. The first kappa shape index (κ1) is 19.2. The highest BCUT2D eigenvalue weighted by Gasteiger charge is 2.58. The molecule has 0 aliphatic heterocycles. The number of aldehydes is 1. The highest BCUT2D eigenvalue weighted by Crippen LogP contribution is 2.62. The van der Waals surface area contributed by atoms with Crippen LogP contribution in [0.5, 0.6) is 5.75 Å². The molecule has 1 aromatic rings. The standard InChI is InChI=1S/C23H28O5/c1-13(25)27-17-4-5-18-15(11-17)10-16(12-24)22-19(18)8-9-23(3)20(22)6-7-21(23)28-14(2)26/h4-5,11-12,16,19-22H,6-10H2,1-3H3/t16-,19+,20-,21-,22+,23-/m0/s1. The van der Waals surface area contributed by atoms with Gasteiger partial charge < -0.3 is 14.3 Å². The van der Waals surface area contributed by atoms with E-state index >= 15 is 0 Å². The first-order valence-corrected chi connectivity index (χ1v) is 10.3. The second kappa shape index (κ2) is 7.02. The van der Waals surface area contributed by atoms with Crippen molar-refractivity contribution in [3.8, 4) is 5.75 Å². The van der Waals surface area contributed by atoms with Gasteiger partial charge in [-0.3, -0.25) is 9.59 Å². The summed E-state index contributed by atoms with van der Waals surface area (Å²) in [4.78, 5) is 34.9. The average Bonchev–Trinajstić information content (AvgIpc) is 2.96. The van der Waals surface area contributed by atoms with E-state index in [-0.39, 0.29) is 35.3 Å². The maximum absolute atomic E-state index is 12.1. The third kappa shape index (κ3) is 3.05. The molecule has 2 fully saturated rings. The SMILES string of the molecule is CC(=O)Oc1ccc2c(c1)C[C@@H](C=O)[C@@H]1[C@@H]2CC[C@]2(C)[C@@H](OC(C)=O)CC[C@@H]12. The van der Waals surface area contributed by atoms with Gasteiger partial charge in [-0.1, -0.05) is 13.0 Å². The molecule has 0 heterocycles. The van der Waals surface area contributed by atoms with Crippen molar-refractivity contribution in [3.63, 3.8) is 0 Å². The van der Waals surface area contributed by atoms with Crippen LogP contribution >= 0.6 is 0 Å². The Kier molecular flexibility index (Phi) is 4.80. The van der Waals surface area contributed by atoms with E-state index in [0.29, 0.717) is 24.0 Å². The second-order valence-electron chi connectivity index (χ2n) is 8.97. The number of carbonyl (C=O) groups is 3. The fourth-order valence-corrected chi connectivity index (χ4v) is 6.38. The lowest BCUT2D eigenvalue weighted by atomic mass is 9.52. The minimum absolute atomic E-state index is 0.0454. The Balaban J connectivity index is 1.67. The topological polar surface area (TPSA) is 69.7 Å². The molecule has 0 bridgehead atoms. The summed E-state index contributed by atoms with van der Waals surface area (Å²) in [6.07, 6.45) is 5.61. The molecule has 2 saturated carbocycles. The van der Waals surface area contributed by atoms with Crippen molar-refractivity contribution in [2.24, 2.45) is 23.2 Å². The van der Waals surface area contributed by atoms with Gasteiger partial charge in [0.05, 0.1) is 0 Å². The Hall–Kier alpha value is -2.17. The van der Waals surface area contributed by atoms with Gasteiger partial charge in [0.25, 0.3) is 0 Å². The van der Waals surface area contributed by atoms with Crippen molar-refractivity contribution in [1.29, 1.82) is 0 Å². The average molecular weight is 384 g/mol. The highest BCUT2D eigenvalue weighted by atomic mass is 16.5. The normalized spacial score (nSPS) is 35.9. The van der Waals surface area contributed by atoms with Gasteiger partial charge >= 0.3 is 11.9 Å². The molecule has 0 radical (unpaired) electrons. The Labute approximate surface area is 165 Å². The summed E-state index contributed by atoms with van der Waals surface area (Å²) in [5.74, 6) is 0.941. The van der Waals surface area contributed by atoms with Crippen LogP contribution in [0.2, 0.25) is 0 Å². The maximum atomic E-state index is 12.1. The van der Waals surface area contributed by atoms with Gasteiger partial charge in [-0.25, -0.2) is 0 Å². The first-order chi connectivity index (χ1) is 13.3. The van der Waals surface area contributed by atoms with E-state index in [2.05, 4.69) is 13.0 Å². The number of rotatable bonds is 3. The molecular weight excluding hydrogens is 356 g/mol. The van der Waals surface area contributed by atoms with Crippen LogP contribution in [0.1, 0.15) is 63.5 Å². The third-order valence-electron chi connectivity index (χ3n) is 7.45. The van der Waals surface area contributed by atoms with Crippen LogP contribution in [-0.4, -0.2) is 24.3 Å². The van der Waals surface area contributed by atoms with E-state index in [9.17, 15) is 14.4 Å². The molecule has 3 aliphatic rings. The molecule has 28 heavy (non-hydrogen) atoms. The molecule has 3 aliphatic carbocycles. The molecule has 0 unspecified atom stereocenters.